The molecule has 3 aromatic carbocycles. The molecule has 1 fully saturated rings. The molecule has 4 rings (SSSR count). The largest absolute Gasteiger partial charge is 0.489 e. The predicted octanol–water partition coefficient (Wildman–Crippen LogP) is 5.97. The lowest BCUT2D eigenvalue weighted by Crippen LogP contribution is -2.27. The minimum absolute atomic E-state index is 0.167. The third-order valence-corrected chi connectivity index (χ3v) is 5.45. The Kier molecular flexibility index (Phi) is 5.69. The molecule has 1 aliphatic rings. The number of anilines is 1. The molecular weight excluding hydrogens is 404 g/mol. The van der Waals surface area contributed by atoms with Crippen molar-refractivity contribution in [3.05, 3.63) is 99.9 Å². The number of halogens is 1. The lowest BCUT2D eigenvalue weighted by Gasteiger charge is -2.14. The third kappa shape index (κ3) is 4.53. The molecule has 0 aliphatic carbocycles. The summed E-state index contributed by atoms with van der Waals surface area (Å²) in [5, 5.41) is 8.95. The summed E-state index contributed by atoms with van der Waals surface area (Å²) in [5.74, 6) is 0.501. The Morgan fingerprint density at radius 2 is 1.76 bits per heavy atom. The SMILES string of the molecule is N=C1S/C(=C\c2cccc(OCc3ccccc3)c2)C(=O)N1c1ccc(Cl)cc1. The number of thioether (sulfide) groups is 1. The lowest BCUT2D eigenvalue weighted by molar-refractivity contribution is -0.113. The van der Waals surface area contributed by atoms with E-state index in [1.165, 1.54) is 4.90 Å². The molecule has 0 saturated carbocycles. The van der Waals surface area contributed by atoms with Gasteiger partial charge in [0.25, 0.3) is 5.91 Å². The van der Waals surface area contributed by atoms with Gasteiger partial charge in [0.2, 0.25) is 0 Å². The maximum absolute atomic E-state index is 12.8. The summed E-state index contributed by atoms with van der Waals surface area (Å²) in [4.78, 5) is 14.7. The number of hydrogen-bond donors (Lipinski definition) is 1. The van der Waals surface area contributed by atoms with E-state index in [1.807, 2.05) is 54.6 Å². The fourth-order valence-corrected chi connectivity index (χ4v) is 3.89. The van der Waals surface area contributed by atoms with Crippen molar-refractivity contribution in [2.75, 3.05) is 4.90 Å². The maximum atomic E-state index is 12.8. The van der Waals surface area contributed by atoms with E-state index >= 15 is 0 Å². The van der Waals surface area contributed by atoms with E-state index in [-0.39, 0.29) is 11.1 Å². The van der Waals surface area contributed by atoms with Crippen LogP contribution < -0.4 is 9.64 Å². The summed E-state index contributed by atoms with van der Waals surface area (Å²) in [7, 11) is 0. The summed E-state index contributed by atoms with van der Waals surface area (Å²) in [6.07, 6.45) is 1.78. The third-order valence-electron chi connectivity index (χ3n) is 4.31. The number of carbonyl (C=O) groups excluding carboxylic acids is 1. The van der Waals surface area contributed by atoms with E-state index in [1.54, 1.807) is 30.3 Å². The van der Waals surface area contributed by atoms with Crippen LogP contribution in [0.2, 0.25) is 5.02 Å². The molecule has 1 aliphatic heterocycles. The molecule has 0 spiro atoms. The minimum Gasteiger partial charge on any atom is -0.489 e. The van der Waals surface area contributed by atoms with Crippen LogP contribution in [0.4, 0.5) is 5.69 Å². The summed E-state index contributed by atoms with van der Waals surface area (Å²) in [5.41, 5.74) is 2.56. The van der Waals surface area contributed by atoms with Crippen molar-refractivity contribution in [3.63, 3.8) is 0 Å². The molecular formula is C23H17ClN2O2S. The molecule has 0 bridgehead atoms. The van der Waals surface area contributed by atoms with Crippen molar-refractivity contribution in [1.82, 2.24) is 0 Å². The molecule has 0 radical (unpaired) electrons. The number of nitrogens with one attached hydrogen (secondary N) is 1. The molecule has 1 saturated heterocycles. The van der Waals surface area contributed by atoms with Gasteiger partial charge in [-0.2, -0.15) is 0 Å². The Balaban J connectivity index is 1.51. The van der Waals surface area contributed by atoms with Crippen LogP contribution in [0.1, 0.15) is 11.1 Å². The molecule has 4 nitrogen and oxygen atoms in total. The summed E-state index contributed by atoms with van der Waals surface area (Å²) < 4.78 is 5.86. The normalized spacial score (nSPS) is 15.2. The van der Waals surface area contributed by atoms with Crippen LogP contribution in [0.15, 0.2) is 83.8 Å². The van der Waals surface area contributed by atoms with Gasteiger partial charge in [0.1, 0.15) is 12.4 Å². The fourth-order valence-electron chi connectivity index (χ4n) is 2.90. The second-order valence-corrected chi connectivity index (χ2v) is 7.85. The maximum Gasteiger partial charge on any atom is 0.271 e. The van der Waals surface area contributed by atoms with Crippen molar-refractivity contribution < 1.29 is 9.53 Å². The second kappa shape index (κ2) is 8.55. The molecule has 6 heteroatoms. The number of amides is 1. The number of rotatable bonds is 5. The average molecular weight is 421 g/mol. The molecule has 1 heterocycles. The lowest BCUT2D eigenvalue weighted by atomic mass is 10.2. The number of ether oxygens (including phenoxy) is 1. The van der Waals surface area contributed by atoms with Crippen LogP contribution in [0.5, 0.6) is 5.75 Å². The zero-order chi connectivity index (χ0) is 20.2. The van der Waals surface area contributed by atoms with Crippen molar-refractivity contribution in [2.24, 2.45) is 0 Å². The first-order chi connectivity index (χ1) is 14.1. The predicted molar refractivity (Wildman–Crippen MR) is 119 cm³/mol. The molecule has 3 aromatic rings. The van der Waals surface area contributed by atoms with E-state index in [9.17, 15) is 4.79 Å². The monoisotopic (exact) mass is 420 g/mol. The van der Waals surface area contributed by atoms with Crippen LogP contribution in [0.3, 0.4) is 0 Å². The van der Waals surface area contributed by atoms with Crippen molar-refractivity contribution in [2.45, 2.75) is 6.61 Å². The Bertz CT molecular complexity index is 1080. The second-order valence-electron chi connectivity index (χ2n) is 6.38. The van der Waals surface area contributed by atoms with Gasteiger partial charge in [-0.05, 0) is 65.4 Å². The average Bonchev–Trinajstić information content (AvgIpc) is 3.01. The number of amidine groups is 1. The Morgan fingerprint density at radius 3 is 2.52 bits per heavy atom. The molecule has 29 heavy (non-hydrogen) atoms. The van der Waals surface area contributed by atoms with Gasteiger partial charge in [0.15, 0.2) is 5.17 Å². The Hall–Kier alpha value is -3.02. The molecule has 0 unspecified atom stereocenters. The molecule has 0 atom stereocenters. The zero-order valence-electron chi connectivity index (χ0n) is 15.3. The van der Waals surface area contributed by atoms with Crippen LogP contribution >= 0.6 is 23.4 Å². The first kappa shape index (κ1) is 19.3. The van der Waals surface area contributed by atoms with Crippen LogP contribution in [-0.4, -0.2) is 11.1 Å². The van der Waals surface area contributed by atoms with Gasteiger partial charge < -0.3 is 4.74 Å². The Labute approximate surface area is 178 Å². The number of hydrogen-bond acceptors (Lipinski definition) is 4. The first-order valence-electron chi connectivity index (χ1n) is 8.95. The van der Waals surface area contributed by atoms with Crippen molar-refractivity contribution in [1.29, 1.82) is 5.41 Å². The number of carbonyl (C=O) groups is 1. The van der Waals surface area contributed by atoms with Gasteiger partial charge in [-0.15, -0.1) is 0 Å². The van der Waals surface area contributed by atoms with Gasteiger partial charge >= 0.3 is 0 Å². The van der Waals surface area contributed by atoms with Gasteiger partial charge in [-0.1, -0.05) is 54.1 Å². The molecule has 0 aromatic heterocycles. The van der Waals surface area contributed by atoms with E-state index in [0.29, 0.717) is 22.2 Å². The minimum atomic E-state index is -0.224. The van der Waals surface area contributed by atoms with E-state index in [4.69, 9.17) is 21.7 Å². The molecule has 1 amide bonds. The number of benzene rings is 3. The molecule has 144 valence electrons. The van der Waals surface area contributed by atoms with Gasteiger partial charge in [-0.25, -0.2) is 0 Å². The van der Waals surface area contributed by atoms with Gasteiger partial charge in [0, 0.05) is 5.02 Å². The van der Waals surface area contributed by atoms with E-state index < -0.39 is 0 Å². The van der Waals surface area contributed by atoms with Gasteiger partial charge in [0.05, 0.1) is 10.6 Å². The quantitative estimate of drug-likeness (QED) is 0.517. The van der Waals surface area contributed by atoms with Crippen molar-refractivity contribution in [3.8, 4) is 5.75 Å². The topological polar surface area (TPSA) is 53.4 Å². The highest BCUT2D eigenvalue weighted by atomic mass is 35.5. The smallest absolute Gasteiger partial charge is 0.271 e. The van der Waals surface area contributed by atoms with Crippen LogP contribution in [0.25, 0.3) is 6.08 Å². The summed E-state index contributed by atoms with van der Waals surface area (Å²) >= 11 is 7.06. The van der Waals surface area contributed by atoms with Crippen LogP contribution in [-0.2, 0) is 11.4 Å². The zero-order valence-corrected chi connectivity index (χ0v) is 16.9. The van der Waals surface area contributed by atoms with E-state index in [2.05, 4.69) is 0 Å². The van der Waals surface area contributed by atoms with Gasteiger partial charge in [-0.3, -0.25) is 15.1 Å². The Morgan fingerprint density at radius 1 is 1.00 bits per heavy atom. The van der Waals surface area contributed by atoms with Crippen molar-refractivity contribution >= 4 is 46.2 Å². The highest BCUT2D eigenvalue weighted by Crippen LogP contribution is 2.35. The highest BCUT2D eigenvalue weighted by Gasteiger charge is 2.33. The standard InChI is InChI=1S/C23H17ClN2O2S/c24-18-9-11-19(12-10-18)26-22(27)21(29-23(26)25)14-17-7-4-8-20(13-17)28-15-16-5-2-1-3-6-16/h1-14,25H,15H2/b21-14-,25-23?. The first-order valence-corrected chi connectivity index (χ1v) is 10.1. The fraction of sp³-hybridized carbons (Fsp3) is 0.0435. The van der Waals surface area contributed by atoms with Crippen LogP contribution in [0, 0.1) is 5.41 Å². The summed E-state index contributed by atoms with van der Waals surface area (Å²) in [6, 6.07) is 24.4. The highest BCUT2D eigenvalue weighted by molar-refractivity contribution is 8.19. The molecule has 1 N–H and O–H groups in total. The van der Waals surface area contributed by atoms with E-state index in [0.717, 1.165) is 28.6 Å². The summed E-state index contributed by atoms with van der Waals surface area (Å²) in [6.45, 7) is 0.476. The number of nitrogens with zero attached hydrogens (tertiary/aromatic N) is 1.